The Bertz CT molecular complexity index is 605. The molecule has 0 atom stereocenters. The van der Waals surface area contributed by atoms with Crippen molar-refractivity contribution in [1.29, 1.82) is 0 Å². The molecule has 7 heteroatoms. The first-order valence-corrected chi connectivity index (χ1v) is 9.79. The van der Waals surface area contributed by atoms with Crippen LogP contribution in [0.3, 0.4) is 0 Å². The number of benzene rings is 1. The normalized spacial score (nSPS) is 16.0. The van der Waals surface area contributed by atoms with Crippen molar-refractivity contribution in [3.8, 4) is 0 Å². The van der Waals surface area contributed by atoms with Crippen molar-refractivity contribution >= 4 is 29.9 Å². The quantitative estimate of drug-likeness (QED) is 0.252. The summed E-state index contributed by atoms with van der Waals surface area (Å²) in [6.07, 6.45) is 3.23. The lowest BCUT2D eigenvalue weighted by Crippen LogP contribution is -2.49. The van der Waals surface area contributed by atoms with E-state index >= 15 is 0 Å². The zero-order valence-corrected chi connectivity index (χ0v) is 19.9. The lowest BCUT2D eigenvalue weighted by Gasteiger charge is -2.35. The molecule has 0 bridgehead atoms. The molecule has 0 spiro atoms. The van der Waals surface area contributed by atoms with Gasteiger partial charge in [0, 0.05) is 52.4 Å². The molecule has 0 radical (unpaired) electrons. The third-order valence-corrected chi connectivity index (χ3v) is 5.09. The zero-order chi connectivity index (χ0) is 19.7. The lowest BCUT2D eigenvalue weighted by atomic mass is 9.84. The molecule has 1 fully saturated rings. The second-order valence-corrected chi connectivity index (χ2v) is 7.67. The van der Waals surface area contributed by atoms with Gasteiger partial charge in [-0.3, -0.25) is 4.99 Å². The molecule has 2 rings (SSSR count). The van der Waals surface area contributed by atoms with E-state index in [1.165, 1.54) is 6.07 Å². The fraction of sp³-hybridized carbons (Fsp3) is 0.667. The minimum absolute atomic E-state index is 0. The van der Waals surface area contributed by atoms with Gasteiger partial charge in [-0.15, -0.1) is 24.0 Å². The van der Waals surface area contributed by atoms with Gasteiger partial charge < -0.3 is 19.7 Å². The average molecular weight is 507 g/mol. The Morgan fingerprint density at radius 1 is 1.25 bits per heavy atom. The lowest BCUT2D eigenvalue weighted by molar-refractivity contribution is 0.00987. The fourth-order valence-electron chi connectivity index (χ4n) is 3.43. The van der Waals surface area contributed by atoms with Crippen molar-refractivity contribution in [2.75, 3.05) is 47.0 Å². The first-order chi connectivity index (χ1) is 13.0. The Morgan fingerprint density at radius 3 is 2.54 bits per heavy atom. The van der Waals surface area contributed by atoms with Gasteiger partial charge in [-0.05, 0) is 30.9 Å². The molecule has 1 saturated heterocycles. The number of aliphatic imine (C=N–C) groups is 1. The first kappa shape index (κ1) is 25.1. The summed E-state index contributed by atoms with van der Waals surface area (Å²) < 4.78 is 25.1. The Labute approximate surface area is 186 Å². The van der Waals surface area contributed by atoms with E-state index < -0.39 is 0 Å². The number of hydrogen-bond acceptors (Lipinski definition) is 3. The molecule has 28 heavy (non-hydrogen) atoms. The number of likely N-dealkylation sites (tertiary alicyclic amines) is 1. The van der Waals surface area contributed by atoms with Crippen molar-refractivity contribution in [3.63, 3.8) is 0 Å². The SMILES string of the molecule is CN=C(NCC(C)(C)c1ccccc1F)N1CCC(OCCCOC)CC1.I. The molecule has 0 unspecified atom stereocenters. The monoisotopic (exact) mass is 507 g/mol. The largest absolute Gasteiger partial charge is 0.385 e. The summed E-state index contributed by atoms with van der Waals surface area (Å²) in [4.78, 5) is 6.68. The van der Waals surface area contributed by atoms with E-state index in [4.69, 9.17) is 9.47 Å². The van der Waals surface area contributed by atoms with Crippen LogP contribution in [-0.2, 0) is 14.9 Å². The van der Waals surface area contributed by atoms with Crippen molar-refractivity contribution in [1.82, 2.24) is 10.2 Å². The molecule has 1 aliphatic rings. The van der Waals surface area contributed by atoms with Crippen LogP contribution in [-0.4, -0.2) is 64.0 Å². The standard InChI is InChI=1S/C21H34FN3O2.HI/c1-21(2,18-8-5-6-9-19(18)22)16-24-20(23-3)25-12-10-17(11-13-25)27-15-7-14-26-4;/h5-6,8-9,17H,7,10-16H2,1-4H3,(H,23,24);1H. The summed E-state index contributed by atoms with van der Waals surface area (Å²) in [5.74, 6) is 0.711. The predicted octanol–water partition coefficient (Wildman–Crippen LogP) is 3.81. The van der Waals surface area contributed by atoms with Crippen molar-refractivity contribution < 1.29 is 13.9 Å². The van der Waals surface area contributed by atoms with Crippen LogP contribution in [0, 0.1) is 5.82 Å². The van der Waals surface area contributed by atoms with E-state index in [-0.39, 0.29) is 35.2 Å². The molecule has 1 aromatic carbocycles. The van der Waals surface area contributed by atoms with Gasteiger partial charge in [0.15, 0.2) is 5.96 Å². The third kappa shape index (κ3) is 7.48. The summed E-state index contributed by atoms with van der Waals surface area (Å²) in [5, 5.41) is 3.43. The number of methoxy groups -OCH3 is 1. The Kier molecular flexibility index (Phi) is 11.3. The smallest absolute Gasteiger partial charge is 0.193 e. The number of nitrogens with zero attached hydrogens (tertiary/aromatic N) is 2. The summed E-state index contributed by atoms with van der Waals surface area (Å²) in [5.41, 5.74) is 0.389. The molecule has 0 amide bonds. The minimum atomic E-state index is -0.329. The molecular formula is C21H35FIN3O2. The highest BCUT2D eigenvalue weighted by Crippen LogP contribution is 2.25. The van der Waals surface area contributed by atoms with Gasteiger partial charge in [0.2, 0.25) is 0 Å². The first-order valence-electron chi connectivity index (χ1n) is 9.79. The maximum absolute atomic E-state index is 14.1. The molecule has 0 aromatic heterocycles. The van der Waals surface area contributed by atoms with Gasteiger partial charge in [0.05, 0.1) is 6.10 Å². The highest BCUT2D eigenvalue weighted by molar-refractivity contribution is 14.0. The number of nitrogens with one attached hydrogen (secondary N) is 1. The van der Waals surface area contributed by atoms with E-state index in [1.807, 2.05) is 26.0 Å². The summed E-state index contributed by atoms with van der Waals surface area (Å²) in [6, 6.07) is 6.98. The summed E-state index contributed by atoms with van der Waals surface area (Å²) in [6.45, 7) is 8.03. The maximum atomic E-state index is 14.1. The van der Waals surface area contributed by atoms with E-state index in [0.717, 1.165) is 57.1 Å². The topological polar surface area (TPSA) is 46.1 Å². The number of halogens is 2. The number of rotatable bonds is 8. The fourth-order valence-corrected chi connectivity index (χ4v) is 3.43. The van der Waals surface area contributed by atoms with Crippen LogP contribution in [0.15, 0.2) is 29.3 Å². The molecular weight excluding hydrogens is 472 g/mol. The van der Waals surface area contributed by atoms with Crippen LogP contribution < -0.4 is 5.32 Å². The van der Waals surface area contributed by atoms with E-state index in [0.29, 0.717) is 12.6 Å². The molecule has 5 nitrogen and oxygen atoms in total. The van der Waals surface area contributed by atoms with Crippen LogP contribution in [0.25, 0.3) is 0 Å². The van der Waals surface area contributed by atoms with Crippen molar-refractivity contribution in [2.24, 2.45) is 4.99 Å². The second-order valence-electron chi connectivity index (χ2n) is 7.67. The second kappa shape index (κ2) is 12.6. The Hall–Kier alpha value is -0.930. The van der Waals surface area contributed by atoms with E-state index in [9.17, 15) is 4.39 Å². The Balaban J connectivity index is 0.00000392. The van der Waals surface area contributed by atoms with Crippen LogP contribution in [0.2, 0.25) is 0 Å². The predicted molar refractivity (Wildman–Crippen MR) is 123 cm³/mol. The van der Waals surface area contributed by atoms with Crippen molar-refractivity contribution in [3.05, 3.63) is 35.6 Å². The molecule has 0 aliphatic carbocycles. The minimum Gasteiger partial charge on any atom is -0.385 e. The highest BCUT2D eigenvalue weighted by Gasteiger charge is 2.26. The van der Waals surface area contributed by atoms with Crippen molar-refractivity contribution in [2.45, 2.75) is 44.6 Å². The van der Waals surface area contributed by atoms with Crippen LogP contribution >= 0.6 is 24.0 Å². The van der Waals surface area contributed by atoms with Crippen LogP contribution in [0.1, 0.15) is 38.7 Å². The summed E-state index contributed by atoms with van der Waals surface area (Å²) >= 11 is 0. The molecule has 1 aliphatic heterocycles. The zero-order valence-electron chi connectivity index (χ0n) is 17.5. The number of guanidine groups is 1. The molecule has 1 aromatic rings. The average Bonchev–Trinajstić information content (AvgIpc) is 2.67. The van der Waals surface area contributed by atoms with Crippen LogP contribution in [0.4, 0.5) is 4.39 Å². The van der Waals surface area contributed by atoms with Gasteiger partial charge in [-0.25, -0.2) is 4.39 Å². The molecule has 0 saturated carbocycles. The van der Waals surface area contributed by atoms with Gasteiger partial charge in [-0.1, -0.05) is 32.0 Å². The maximum Gasteiger partial charge on any atom is 0.193 e. The third-order valence-electron chi connectivity index (χ3n) is 5.09. The molecule has 160 valence electrons. The number of hydrogen-bond donors (Lipinski definition) is 1. The number of piperidine rings is 1. The Morgan fingerprint density at radius 2 is 1.93 bits per heavy atom. The van der Waals surface area contributed by atoms with Gasteiger partial charge in [0.25, 0.3) is 0 Å². The van der Waals surface area contributed by atoms with Gasteiger partial charge in [0.1, 0.15) is 5.82 Å². The van der Waals surface area contributed by atoms with E-state index in [2.05, 4.69) is 15.2 Å². The number of ether oxygens (including phenoxy) is 2. The van der Waals surface area contributed by atoms with Gasteiger partial charge >= 0.3 is 0 Å². The van der Waals surface area contributed by atoms with Gasteiger partial charge in [-0.2, -0.15) is 0 Å². The highest BCUT2D eigenvalue weighted by atomic mass is 127. The summed E-state index contributed by atoms with van der Waals surface area (Å²) in [7, 11) is 3.51. The van der Waals surface area contributed by atoms with Crippen LogP contribution in [0.5, 0.6) is 0 Å². The molecule has 1 heterocycles. The molecule has 1 N–H and O–H groups in total. The van der Waals surface area contributed by atoms with E-state index in [1.54, 1.807) is 20.2 Å².